The zero-order valence-electron chi connectivity index (χ0n) is 23.8. The van der Waals surface area contributed by atoms with E-state index in [-0.39, 0.29) is 25.1 Å². The number of phenolic OH excluding ortho intramolecular Hbond substituents is 2. The maximum absolute atomic E-state index is 11.9. The number of aromatic hydroxyl groups is 2. The summed E-state index contributed by atoms with van der Waals surface area (Å²) in [6, 6.07) is 26.5. The molecule has 0 radical (unpaired) electrons. The van der Waals surface area contributed by atoms with Crippen molar-refractivity contribution in [2.45, 2.75) is 0 Å². The fourth-order valence-corrected chi connectivity index (χ4v) is 6.21. The first-order chi connectivity index (χ1) is 21.6. The van der Waals surface area contributed by atoms with Crippen molar-refractivity contribution in [3.63, 3.8) is 0 Å². The van der Waals surface area contributed by atoms with E-state index in [9.17, 15) is 10.2 Å². The first kappa shape index (κ1) is 25.9. The van der Waals surface area contributed by atoms with E-state index in [4.69, 9.17) is 28.4 Å². The van der Waals surface area contributed by atoms with Gasteiger partial charge in [0.15, 0.2) is 23.0 Å². The minimum atomic E-state index is -0.0249. The lowest BCUT2D eigenvalue weighted by Crippen LogP contribution is -1.94. The molecule has 0 amide bonds. The highest BCUT2D eigenvalue weighted by molar-refractivity contribution is 6.12. The summed E-state index contributed by atoms with van der Waals surface area (Å²) in [5.74, 6) is 3.55. The van der Waals surface area contributed by atoms with Gasteiger partial charge in [0, 0.05) is 11.1 Å². The molecule has 0 fully saturated rings. The lowest BCUT2D eigenvalue weighted by molar-refractivity contribution is 0.173. The Kier molecular flexibility index (Phi) is 5.84. The summed E-state index contributed by atoms with van der Waals surface area (Å²) in [6.45, 7) is 0.313. The molecule has 0 aromatic heterocycles. The number of hydrogen-bond donors (Lipinski definition) is 2. The number of rotatable bonds is 5. The molecule has 0 saturated heterocycles. The average Bonchev–Trinajstić information content (AvgIpc) is 3.74. The Labute approximate surface area is 252 Å². The van der Waals surface area contributed by atoms with Crippen LogP contribution in [-0.4, -0.2) is 38.0 Å². The van der Waals surface area contributed by atoms with Gasteiger partial charge >= 0.3 is 0 Å². The lowest BCUT2D eigenvalue weighted by Gasteiger charge is -2.20. The fourth-order valence-electron chi connectivity index (χ4n) is 6.21. The van der Waals surface area contributed by atoms with Crippen LogP contribution >= 0.6 is 0 Å². The molecule has 2 aliphatic heterocycles. The fraction of sp³-hybridized carbons (Fsp3) is 0.111. The molecule has 6 aromatic rings. The highest BCUT2D eigenvalue weighted by Gasteiger charge is 2.25. The normalized spacial score (nSPS) is 13.0. The van der Waals surface area contributed by atoms with Crippen molar-refractivity contribution in [2.75, 3.05) is 27.8 Å². The third kappa shape index (κ3) is 3.84. The van der Waals surface area contributed by atoms with Crippen LogP contribution in [0.4, 0.5) is 0 Å². The van der Waals surface area contributed by atoms with Crippen LogP contribution in [0.2, 0.25) is 0 Å². The molecule has 8 rings (SSSR count). The molecule has 0 atom stereocenters. The van der Waals surface area contributed by atoms with Crippen LogP contribution in [0, 0.1) is 0 Å². The van der Waals surface area contributed by atoms with Gasteiger partial charge in [-0.1, -0.05) is 36.4 Å². The molecule has 0 spiro atoms. The van der Waals surface area contributed by atoms with Gasteiger partial charge in [-0.2, -0.15) is 0 Å². The smallest absolute Gasteiger partial charge is 0.231 e. The van der Waals surface area contributed by atoms with Crippen LogP contribution in [-0.2, 0) is 0 Å². The van der Waals surface area contributed by atoms with Crippen LogP contribution < -0.4 is 28.4 Å². The van der Waals surface area contributed by atoms with Crippen LogP contribution in [0.25, 0.3) is 54.9 Å². The van der Waals surface area contributed by atoms with Gasteiger partial charge in [-0.3, -0.25) is 0 Å². The molecule has 44 heavy (non-hydrogen) atoms. The molecule has 6 aromatic carbocycles. The highest BCUT2D eigenvalue weighted by atomic mass is 16.7. The summed E-state index contributed by atoms with van der Waals surface area (Å²) in [7, 11) is 3.13. The summed E-state index contributed by atoms with van der Waals surface area (Å²) in [4.78, 5) is 0. The van der Waals surface area contributed by atoms with Gasteiger partial charge < -0.3 is 38.6 Å². The number of ether oxygens (including phenoxy) is 6. The molecular weight excluding hydrogens is 560 g/mol. The number of hydrogen-bond acceptors (Lipinski definition) is 8. The predicted octanol–water partition coefficient (Wildman–Crippen LogP) is 7.88. The maximum atomic E-state index is 11.9. The summed E-state index contributed by atoms with van der Waals surface area (Å²) >= 11 is 0. The summed E-state index contributed by atoms with van der Waals surface area (Å²) in [6.07, 6.45) is 0. The molecule has 0 saturated carbocycles. The van der Waals surface area contributed by atoms with Crippen LogP contribution in [0.3, 0.4) is 0 Å². The van der Waals surface area contributed by atoms with E-state index in [0.717, 1.165) is 33.0 Å². The van der Waals surface area contributed by atoms with Gasteiger partial charge in [0.1, 0.15) is 23.0 Å². The van der Waals surface area contributed by atoms with E-state index < -0.39 is 0 Å². The van der Waals surface area contributed by atoms with Crippen LogP contribution in [0.15, 0.2) is 84.9 Å². The predicted molar refractivity (Wildman–Crippen MR) is 166 cm³/mol. The first-order valence-corrected chi connectivity index (χ1v) is 14.0. The van der Waals surface area contributed by atoms with Crippen LogP contribution in [0.5, 0.6) is 46.0 Å². The second-order valence-electron chi connectivity index (χ2n) is 10.5. The van der Waals surface area contributed by atoms with E-state index in [1.165, 1.54) is 0 Å². The largest absolute Gasteiger partial charge is 0.507 e. The van der Waals surface area contributed by atoms with Gasteiger partial charge in [-0.25, -0.2) is 0 Å². The lowest BCUT2D eigenvalue weighted by atomic mass is 9.87. The molecule has 2 heterocycles. The van der Waals surface area contributed by atoms with E-state index in [0.29, 0.717) is 56.4 Å². The standard InChI is InChI=1S/C36H26O8/c1-39-29-7-3-5-21-23(19-9-11-27-31(13-19)43-17-41-27)15-25(35(37)33(21)29)26-16-24(20-10-12-28-32(14-20)44-18-42-28)22-6-4-8-30(40-2)34(22)36(26)38/h3-16,37-38H,17-18H2,1-2H3. The summed E-state index contributed by atoms with van der Waals surface area (Å²) in [5.41, 5.74) is 4.16. The second-order valence-corrected chi connectivity index (χ2v) is 10.5. The molecule has 218 valence electrons. The van der Waals surface area contributed by atoms with E-state index in [1.54, 1.807) is 26.4 Å². The average molecular weight is 587 g/mol. The summed E-state index contributed by atoms with van der Waals surface area (Å²) < 4.78 is 33.9. The molecule has 0 bridgehead atoms. The second kappa shape index (κ2) is 9.91. The van der Waals surface area contributed by atoms with Gasteiger partial charge in [-0.05, 0) is 81.6 Å². The van der Waals surface area contributed by atoms with Gasteiger partial charge in [-0.15, -0.1) is 0 Å². The van der Waals surface area contributed by atoms with Crippen molar-refractivity contribution in [3.05, 3.63) is 84.9 Å². The molecular formula is C36H26O8. The van der Waals surface area contributed by atoms with Crippen LogP contribution in [0.1, 0.15) is 0 Å². The van der Waals surface area contributed by atoms with E-state index >= 15 is 0 Å². The highest BCUT2D eigenvalue weighted by Crippen LogP contribution is 2.52. The number of benzene rings is 6. The zero-order chi connectivity index (χ0) is 29.9. The monoisotopic (exact) mass is 586 g/mol. The minimum absolute atomic E-state index is 0.0249. The van der Waals surface area contributed by atoms with E-state index in [1.807, 2.05) is 72.8 Å². The summed E-state index contributed by atoms with van der Waals surface area (Å²) in [5, 5.41) is 26.5. The Morgan fingerprint density at radius 3 is 1.36 bits per heavy atom. The van der Waals surface area contributed by atoms with Crippen molar-refractivity contribution >= 4 is 21.5 Å². The Bertz CT molecular complexity index is 1980. The quantitative estimate of drug-likeness (QED) is 0.211. The van der Waals surface area contributed by atoms with E-state index in [2.05, 4.69) is 0 Å². The SMILES string of the molecule is COc1cccc2c(-c3ccc4c(c3)OCO4)cc(-c3cc(-c4ccc5c(c4)OCO5)c4cccc(OC)c4c3O)c(O)c12. The first-order valence-electron chi connectivity index (χ1n) is 14.0. The molecule has 0 unspecified atom stereocenters. The zero-order valence-corrected chi connectivity index (χ0v) is 23.8. The van der Waals surface area contributed by atoms with Gasteiger partial charge in [0.05, 0.1) is 25.0 Å². The van der Waals surface area contributed by atoms with Crippen molar-refractivity contribution in [1.82, 2.24) is 0 Å². The number of fused-ring (bicyclic) bond motifs is 4. The molecule has 2 aliphatic rings. The van der Waals surface area contributed by atoms with Crippen molar-refractivity contribution in [1.29, 1.82) is 0 Å². The Morgan fingerprint density at radius 2 is 0.932 bits per heavy atom. The third-order valence-corrected chi connectivity index (χ3v) is 8.29. The van der Waals surface area contributed by atoms with Crippen molar-refractivity contribution in [2.24, 2.45) is 0 Å². The Morgan fingerprint density at radius 1 is 0.500 bits per heavy atom. The molecule has 0 aliphatic carbocycles. The Balaban J connectivity index is 1.46. The molecule has 2 N–H and O–H groups in total. The van der Waals surface area contributed by atoms with Crippen molar-refractivity contribution in [3.8, 4) is 79.4 Å². The van der Waals surface area contributed by atoms with Gasteiger partial charge in [0.2, 0.25) is 13.6 Å². The third-order valence-electron chi connectivity index (χ3n) is 8.29. The number of methoxy groups -OCH3 is 2. The Hall–Kier alpha value is -5.76. The maximum Gasteiger partial charge on any atom is 0.231 e. The van der Waals surface area contributed by atoms with Crippen molar-refractivity contribution < 1.29 is 38.6 Å². The van der Waals surface area contributed by atoms with Gasteiger partial charge in [0.25, 0.3) is 0 Å². The molecule has 8 heteroatoms. The molecule has 8 nitrogen and oxygen atoms in total. The minimum Gasteiger partial charge on any atom is -0.507 e. The topological polar surface area (TPSA) is 95.8 Å². The number of phenols is 2.